The summed E-state index contributed by atoms with van der Waals surface area (Å²) in [7, 11) is 8.97. The van der Waals surface area contributed by atoms with Crippen molar-refractivity contribution in [1.82, 2.24) is 9.91 Å². The van der Waals surface area contributed by atoms with Crippen molar-refractivity contribution in [3.8, 4) is 0 Å². The molecule has 1 rings (SSSR count). The first-order valence-electron chi connectivity index (χ1n) is 6.36. The largest absolute Gasteiger partial charge is 0.308 e. The van der Waals surface area contributed by atoms with E-state index in [4.69, 9.17) is 0 Å². The molecule has 1 atom stereocenters. The lowest BCUT2D eigenvalue weighted by Gasteiger charge is -2.33. The highest BCUT2D eigenvalue weighted by atomic mass is 15.8. The van der Waals surface area contributed by atoms with Crippen molar-refractivity contribution >= 4 is 0 Å². The molecule has 3 nitrogen and oxygen atoms in total. The number of rotatable bonds is 3. The number of nitrogens with zero attached hydrogens (tertiary/aromatic N) is 3. The fourth-order valence-corrected chi connectivity index (χ4v) is 2.41. The van der Waals surface area contributed by atoms with E-state index in [9.17, 15) is 0 Å². The predicted molar refractivity (Wildman–Crippen MR) is 70.0 cm³/mol. The molecule has 0 N–H and O–H groups in total. The summed E-state index contributed by atoms with van der Waals surface area (Å²) >= 11 is 0. The molecule has 0 saturated carbocycles. The second-order valence-electron chi connectivity index (χ2n) is 7.08. The normalized spacial score (nSPS) is 26.6. The van der Waals surface area contributed by atoms with E-state index in [1.807, 2.05) is 0 Å². The van der Waals surface area contributed by atoms with Crippen LogP contribution in [0.3, 0.4) is 0 Å². The van der Waals surface area contributed by atoms with Crippen molar-refractivity contribution in [1.29, 1.82) is 0 Å². The molecule has 3 heteroatoms. The summed E-state index contributed by atoms with van der Waals surface area (Å²) in [5, 5.41) is 2.61. The smallest absolute Gasteiger partial charge is 0.101 e. The summed E-state index contributed by atoms with van der Waals surface area (Å²) in [6.45, 7) is 11.9. The van der Waals surface area contributed by atoms with Crippen LogP contribution in [0.15, 0.2) is 0 Å². The summed E-state index contributed by atoms with van der Waals surface area (Å²) in [6.07, 6.45) is 0. The standard InChI is InChI=1S/C13H30N3/c1-13(2,3)12-10-15(9-8-14(4)5)16(6,7)11-12/h12H,8-11H2,1-7H3/q+1. The highest BCUT2D eigenvalue weighted by Gasteiger charge is 2.43. The van der Waals surface area contributed by atoms with Crippen LogP contribution in [0, 0.1) is 11.3 Å². The van der Waals surface area contributed by atoms with Gasteiger partial charge in [-0.15, -0.1) is 0 Å². The first-order valence-corrected chi connectivity index (χ1v) is 6.36. The van der Waals surface area contributed by atoms with E-state index in [-0.39, 0.29) is 0 Å². The maximum Gasteiger partial charge on any atom is 0.101 e. The van der Waals surface area contributed by atoms with Crippen molar-refractivity contribution in [3.63, 3.8) is 0 Å². The van der Waals surface area contributed by atoms with E-state index < -0.39 is 0 Å². The van der Waals surface area contributed by atoms with Crippen LogP contribution < -0.4 is 0 Å². The van der Waals surface area contributed by atoms with Gasteiger partial charge in [0.25, 0.3) is 0 Å². The van der Waals surface area contributed by atoms with Gasteiger partial charge in [0.05, 0.1) is 27.2 Å². The van der Waals surface area contributed by atoms with Crippen molar-refractivity contribution in [2.75, 3.05) is 54.4 Å². The molecule has 0 aliphatic carbocycles. The van der Waals surface area contributed by atoms with E-state index in [2.05, 4.69) is 58.9 Å². The Morgan fingerprint density at radius 1 is 1.25 bits per heavy atom. The molecule has 0 spiro atoms. The van der Waals surface area contributed by atoms with E-state index in [1.54, 1.807) is 0 Å². The van der Waals surface area contributed by atoms with Gasteiger partial charge in [0.15, 0.2) is 0 Å². The quantitative estimate of drug-likeness (QED) is 0.676. The van der Waals surface area contributed by atoms with Gasteiger partial charge in [-0.2, -0.15) is 5.01 Å². The van der Waals surface area contributed by atoms with Crippen LogP contribution in [0.5, 0.6) is 0 Å². The minimum atomic E-state index is 0.433. The van der Waals surface area contributed by atoms with Crippen LogP contribution in [0.25, 0.3) is 0 Å². The minimum Gasteiger partial charge on any atom is -0.308 e. The summed E-state index contributed by atoms with van der Waals surface area (Å²) < 4.78 is 1.05. The zero-order valence-electron chi connectivity index (χ0n) is 12.2. The molecule has 1 unspecified atom stereocenters. The second-order valence-corrected chi connectivity index (χ2v) is 7.08. The average Bonchev–Trinajstić information content (AvgIpc) is 2.36. The molecular formula is C13H30N3+. The Morgan fingerprint density at radius 3 is 2.19 bits per heavy atom. The summed E-state index contributed by atoms with van der Waals surface area (Å²) in [5.74, 6) is 0.810. The molecule has 1 saturated heterocycles. The number of hydrogen-bond acceptors (Lipinski definition) is 2. The van der Waals surface area contributed by atoms with Crippen LogP contribution in [-0.4, -0.2) is 68.9 Å². The molecule has 0 amide bonds. The van der Waals surface area contributed by atoms with Gasteiger partial charge < -0.3 is 4.90 Å². The van der Waals surface area contributed by atoms with Gasteiger partial charge in [0.2, 0.25) is 0 Å². The molecule has 0 aromatic heterocycles. The third kappa shape index (κ3) is 3.44. The SMILES string of the molecule is CN(C)CCN1CC(C(C)(C)C)C[N+]1(C)C. The maximum absolute atomic E-state index is 2.61. The van der Waals surface area contributed by atoms with Crippen LogP contribution in [0.2, 0.25) is 0 Å². The lowest BCUT2D eigenvalue weighted by molar-refractivity contribution is -0.989. The molecule has 0 bridgehead atoms. The van der Waals surface area contributed by atoms with E-state index in [0.717, 1.165) is 17.1 Å². The Balaban J connectivity index is 2.59. The molecule has 16 heavy (non-hydrogen) atoms. The third-order valence-corrected chi connectivity index (χ3v) is 3.89. The monoisotopic (exact) mass is 228 g/mol. The Morgan fingerprint density at radius 2 is 1.81 bits per heavy atom. The minimum absolute atomic E-state index is 0.433. The summed E-state index contributed by atoms with van der Waals surface area (Å²) in [4.78, 5) is 2.27. The van der Waals surface area contributed by atoms with Crippen LogP contribution in [-0.2, 0) is 0 Å². The van der Waals surface area contributed by atoms with E-state index in [0.29, 0.717) is 5.41 Å². The van der Waals surface area contributed by atoms with Gasteiger partial charge >= 0.3 is 0 Å². The fourth-order valence-electron chi connectivity index (χ4n) is 2.41. The third-order valence-electron chi connectivity index (χ3n) is 3.89. The van der Waals surface area contributed by atoms with Gasteiger partial charge in [-0.05, 0) is 19.5 Å². The van der Waals surface area contributed by atoms with Gasteiger partial charge in [-0.3, -0.25) is 0 Å². The number of hydrogen-bond donors (Lipinski definition) is 0. The molecular weight excluding hydrogens is 198 g/mol. The Kier molecular flexibility index (Phi) is 4.04. The van der Waals surface area contributed by atoms with Crippen molar-refractivity contribution in [2.24, 2.45) is 11.3 Å². The fraction of sp³-hybridized carbons (Fsp3) is 1.00. The molecule has 96 valence electrons. The molecule has 1 fully saturated rings. The second kappa shape index (κ2) is 4.63. The predicted octanol–water partition coefficient (Wildman–Crippen LogP) is 1.52. The molecule has 0 radical (unpaired) electrons. The summed E-state index contributed by atoms with van der Waals surface area (Å²) in [6, 6.07) is 0. The number of likely N-dealkylation sites (N-methyl/N-ethyl adjacent to an activating group) is 1. The van der Waals surface area contributed by atoms with Gasteiger partial charge in [0, 0.05) is 12.5 Å². The van der Waals surface area contributed by atoms with E-state index >= 15 is 0 Å². The van der Waals surface area contributed by atoms with Crippen LogP contribution >= 0.6 is 0 Å². The van der Waals surface area contributed by atoms with E-state index in [1.165, 1.54) is 19.6 Å². The first-order chi connectivity index (χ1) is 7.13. The zero-order chi connectivity index (χ0) is 12.6. The van der Waals surface area contributed by atoms with Crippen LogP contribution in [0.4, 0.5) is 0 Å². The number of quaternary nitrogens is 1. The van der Waals surface area contributed by atoms with Crippen molar-refractivity contribution in [2.45, 2.75) is 20.8 Å². The zero-order valence-corrected chi connectivity index (χ0v) is 12.2. The molecule has 1 aliphatic rings. The van der Waals surface area contributed by atoms with Crippen molar-refractivity contribution < 1.29 is 4.59 Å². The van der Waals surface area contributed by atoms with Crippen molar-refractivity contribution in [3.05, 3.63) is 0 Å². The highest BCUT2D eigenvalue weighted by molar-refractivity contribution is 4.79. The Labute approximate surface area is 102 Å². The molecule has 0 aromatic carbocycles. The topological polar surface area (TPSA) is 6.48 Å². The Bertz CT molecular complexity index is 228. The van der Waals surface area contributed by atoms with Gasteiger partial charge in [-0.25, -0.2) is 4.59 Å². The maximum atomic E-state index is 2.61. The lowest BCUT2D eigenvalue weighted by Crippen LogP contribution is -2.51. The van der Waals surface area contributed by atoms with Gasteiger partial charge in [-0.1, -0.05) is 20.8 Å². The first kappa shape index (κ1) is 13.9. The van der Waals surface area contributed by atoms with Gasteiger partial charge in [0.1, 0.15) is 6.54 Å². The highest BCUT2D eigenvalue weighted by Crippen LogP contribution is 2.34. The average molecular weight is 228 g/mol. The van der Waals surface area contributed by atoms with Crippen LogP contribution in [0.1, 0.15) is 20.8 Å². The molecule has 0 aromatic rings. The molecule has 1 aliphatic heterocycles. The summed E-state index contributed by atoms with van der Waals surface area (Å²) in [5.41, 5.74) is 0.433. The Hall–Kier alpha value is -0.120. The molecule has 1 heterocycles. The lowest BCUT2D eigenvalue weighted by atomic mass is 9.81.